The van der Waals surface area contributed by atoms with Gasteiger partial charge in [0.05, 0.1) is 17.5 Å². The average Bonchev–Trinajstić information content (AvgIpc) is 2.57. The van der Waals surface area contributed by atoms with Gasteiger partial charge in [0, 0.05) is 22.3 Å². The summed E-state index contributed by atoms with van der Waals surface area (Å²) in [6, 6.07) is 7.72. The summed E-state index contributed by atoms with van der Waals surface area (Å²) >= 11 is 5.97. The van der Waals surface area contributed by atoms with Crippen LogP contribution in [0.3, 0.4) is 0 Å². The van der Waals surface area contributed by atoms with Crippen molar-refractivity contribution in [3.05, 3.63) is 58.6 Å². The molecule has 1 aromatic carbocycles. The van der Waals surface area contributed by atoms with Crippen LogP contribution in [-0.2, 0) is 4.74 Å². The summed E-state index contributed by atoms with van der Waals surface area (Å²) in [6.45, 7) is 5.34. The SMILES string of the molecule is Cc1ccc2c(Nc3cc(Cl)ccc3F)c(C(=O)OC(C)C)cnc2n1.Cl. The van der Waals surface area contributed by atoms with Crippen molar-refractivity contribution in [1.29, 1.82) is 0 Å². The van der Waals surface area contributed by atoms with Crippen LogP contribution >= 0.6 is 24.0 Å². The molecule has 0 bridgehead atoms. The molecule has 1 N–H and O–H groups in total. The van der Waals surface area contributed by atoms with Crippen LogP contribution in [0.2, 0.25) is 5.02 Å². The molecule has 0 spiro atoms. The first kappa shape index (κ1) is 20.9. The molecule has 0 saturated heterocycles. The number of nitrogens with zero attached hydrogens (tertiary/aromatic N) is 2. The zero-order chi connectivity index (χ0) is 18.8. The number of aromatic nitrogens is 2. The summed E-state index contributed by atoms with van der Waals surface area (Å²) in [5.41, 5.74) is 1.92. The minimum Gasteiger partial charge on any atom is -0.459 e. The van der Waals surface area contributed by atoms with Crippen LogP contribution in [0, 0.1) is 12.7 Å². The number of benzene rings is 1. The van der Waals surface area contributed by atoms with Crippen LogP contribution < -0.4 is 5.32 Å². The minimum absolute atomic E-state index is 0. The van der Waals surface area contributed by atoms with Gasteiger partial charge in [-0.25, -0.2) is 19.2 Å². The van der Waals surface area contributed by atoms with E-state index < -0.39 is 11.8 Å². The molecule has 5 nitrogen and oxygen atoms in total. The number of esters is 1. The molecular weight excluding hydrogens is 392 g/mol. The Morgan fingerprint density at radius 1 is 1.26 bits per heavy atom. The zero-order valence-electron chi connectivity index (χ0n) is 14.9. The number of carbonyl (C=O) groups is 1. The van der Waals surface area contributed by atoms with Crippen LogP contribution in [0.25, 0.3) is 11.0 Å². The third kappa shape index (κ3) is 4.64. The second-order valence-corrected chi connectivity index (χ2v) is 6.51. The maximum absolute atomic E-state index is 14.2. The molecule has 3 aromatic rings. The summed E-state index contributed by atoms with van der Waals surface area (Å²) in [6.07, 6.45) is 1.08. The molecule has 27 heavy (non-hydrogen) atoms. The van der Waals surface area contributed by atoms with Gasteiger partial charge in [0.1, 0.15) is 11.4 Å². The Kier molecular flexibility index (Phi) is 6.57. The van der Waals surface area contributed by atoms with Crippen molar-refractivity contribution in [2.45, 2.75) is 26.9 Å². The average molecular weight is 410 g/mol. The number of carbonyl (C=O) groups excluding carboxylic acids is 1. The molecule has 0 atom stereocenters. The number of pyridine rings is 2. The lowest BCUT2D eigenvalue weighted by Gasteiger charge is -2.16. The molecule has 0 saturated carbocycles. The fourth-order valence-electron chi connectivity index (χ4n) is 2.47. The smallest absolute Gasteiger partial charge is 0.342 e. The summed E-state index contributed by atoms with van der Waals surface area (Å²) in [4.78, 5) is 21.1. The molecule has 3 rings (SSSR count). The van der Waals surface area contributed by atoms with Gasteiger partial charge in [-0.1, -0.05) is 11.6 Å². The Morgan fingerprint density at radius 2 is 2.00 bits per heavy atom. The molecule has 142 valence electrons. The molecule has 2 heterocycles. The molecule has 8 heteroatoms. The Bertz CT molecular complexity index is 996. The van der Waals surface area contributed by atoms with Gasteiger partial charge in [0.15, 0.2) is 5.65 Å². The number of ether oxygens (including phenoxy) is 1. The molecule has 0 aliphatic heterocycles. The van der Waals surface area contributed by atoms with Gasteiger partial charge in [-0.3, -0.25) is 0 Å². The summed E-state index contributed by atoms with van der Waals surface area (Å²) in [7, 11) is 0. The molecule has 0 unspecified atom stereocenters. The van der Waals surface area contributed by atoms with Gasteiger partial charge in [-0.15, -0.1) is 12.4 Å². The van der Waals surface area contributed by atoms with Crippen molar-refractivity contribution in [2.24, 2.45) is 0 Å². The zero-order valence-corrected chi connectivity index (χ0v) is 16.5. The molecule has 2 aromatic heterocycles. The summed E-state index contributed by atoms with van der Waals surface area (Å²) in [5.74, 6) is -1.05. The van der Waals surface area contributed by atoms with Crippen molar-refractivity contribution < 1.29 is 13.9 Å². The fourth-order valence-corrected chi connectivity index (χ4v) is 2.64. The first-order valence-corrected chi connectivity index (χ1v) is 8.42. The fraction of sp³-hybridized carbons (Fsp3) is 0.211. The van der Waals surface area contributed by atoms with Gasteiger partial charge < -0.3 is 10.1 Å². The second-order valence-electron chi connectivity index (χ2n) is 6.07. The Balaban J connectivity index is 0.00000261. The summed E-state index contributed by atoms with van der Waals surface area (Å²) < 4.78 is 19.5. The second kappa shape index (κ2) is 8.50. The highest BCUT2D eigenvalue weighted by Gasteiger charge is 2.20. The predicted octanol–water partition coefficient (Wildman–Crippen LogP) is 5.46. The van der Waals surface area contributed by atoms with E-state index in [0.29, 0.717) is 21.7 Å². The van der Waals surface area contributed by atoms with Crippen molar-refractivity contribution in [3.63, 3.8) is 0 Å². The van der Waals surface area contributed by atoms with E-state index in [1.165, 1.54) is 24.4 Å². The lowest BCUT2D eigenvalue weighted by atomic mass is 10.1. The maximum Gasteiger partial charge on any atom is 0.342 e. The third-order valence-corrected chi connectivity index (χ3v) is 3.85. The number of fused-ring (bicyclic) bond motifs is 1. The maximum atomic E-state index is 14.2. The molecule has 0 aliphatic carbocycles. The molecule has 0 amide bonds. The van der Waals surface area contributed by atoms with Crippen molar-refractivity contribution in [1.82, 2.24) is 9.97 Å². The Labute approximate surface area is 167 Å². The van der Waals surface area contributed by atoms with Crippen LogP contribution in [-0.4, -0.2) is 22.0 Å². The van der Waals surface area contributed by atoms with Gasteiger partial charge >= 0.3 is 5.97 Å². The highest BCUT2D eigenvalue weighted by Crippen LogP contribution is 2.31. The van der Waals surface area contributed by atoms with E-state index in [1.54, 1.807) is 26.0 Å². The van der Waals surface area contributed by atoms with Gasteiger partial charge in [-0.05, 0) is 51.1 Å². The van der Waals surface area contributed by atoms with Crippen molar-refractivity contribution in [2.75, 3.05) is 5.32 Å². The van der Waals surface area contributed by atoms with Gasteiger partial charge in [0.25, 0.3) is 0 Å². The van der Waals surface area contributed by atoms with E-state index in [0.717, 1.165) is 5.69 Å². The number of nitrogens with one attached hydrogen (secondary N) is 1. The van der Waals surface area contributed by atoms with Crippen LogP contribution in [0.1, 0.15) is 29.9 Å². The number of hydrogen-bond acceptors (Lipinski definition) is 5. The van der Waals surface area contributed by atoms with Crippen molar-refractivity contribution in [3.8, 4) is 0 Å². The van der Waals surface area contributed by atoms with E-state index in [2.05, 4.69) is 15.3 Å². The molecule has 0 aliphatic rings. The van der Waals surface area contributed by atoms with E-state index in [1.807, 2.05) is 6.92 Å². The largest absolute Gasteiger partial charge is 0.459 e. The van der Waals surface area contributed by atoms with E-state index in [4.69, 9.17) is 16.3 Å². The Hall–Kier alpha value is -2.44. The highest BCUT2D eigenvalue weighted by molar-refractivity contribution is 6.30. The van der Waals surface area contributed by atoms with Crippen molar-refractivity contribution >= 4 is 52.4 Å². The van der Waals surface area contributed by atoms with Crippen LogP contribution in [0.5, 0.6) is 0 Å². The van der Waals surface area contributed by atoms with E-state index in [-0.39, 0.29) is 29.8 Å². The number of anilines is 2. The number of hydrogen-bond donors (Lipinski definition) is 1. The predicted molar refractivity (Wildman–Crippen MR) is 107 cm³/mol. The van der Waals surface area contributed by atoms with Gasteiger partial charge in [0.2, 0.25) is 0 Å². The van der Waals surface area contributed by atoms with Crippen LogP contribution in [0.15, 0.2) is 36.5 Å². The number of aryl methyl sites for hydroxylation is 1. The van der Waals surface area contributed by atoms with E-state index in [9.17, 15) is 9.18 Å². The minimum atomic E-state index is -0.556. The summed E-state index contributed by atoms with van der Waals surface area (Å²) in [5, 5.41) is 3.90. The quantitative estimate of drug-likeness (QED) is 0.579. The molecule has 0 radical (unpaired) electrons. The number of halogens is 3. The normalized spacial score (nSPS) is 10.6. The van der Waals surface area contributed by atoms with E-state index >= 15 is 0 Å². The topological polar surface area (TPSA) is 64.1 Å². The lowest BCUT2D eigenvalue weighted by Crippen LogP contribution is -2.14. The monoisotopic (exact) mass is 409 g/mol. The first-order chi connectivity index (χ1) is 12.3. The molecular formula is C19H18Cl2FN3O2. The standard InChI is InChI=1S/C19H17ClFN3O2.ClH/c1-10(2)26-19(25)14-9-22-18-13(6-4-11(3)23-18)17(14)24-16-8-12(20)5-7-15(16)21;/h4-10H,1-3H3,(H,22,23,24);1H. The third-order valence-electron chi connectivity index (χ3n) is 3.62. The Morgan fingerprint density at radius 3 is 2.70 bits per heavy atom. The molecule has 0 fully saturated rings. The first-order valence-electron chi connectivity index (χ1n) is 8.04. The van der Waals surface area contributed by atoms with Gasteiger partial charge in [-0.2, -0.15) is 0 Å². The lowest BCUT2D eigenvalue weighted by molar-refractivity contribution is 0.0379. The van der Waals surface area contributed by atoms with Crippen LogP contribution in [0.4, 0.5) is 15.8 Å². The number of rotatable bonds is 4. The highest BCUT2D eigenvalue weighted by atomic mass is 35.5.